The summed E-state index contributed by atoms with van der Waals surface area (Å²) in [6.45, 7) is 4.48. The van der Waals surface area contributed by atoms with Crippen LogP contribution in [0.2, 0.25) is 0 Å². The summed E-state index contributed by atoms with van der Waals surface area (Å²) in [4.78, 5) is 38.3. The number of rotatable bonds is 6. The van der Waals surface area contributed by atoms with Crippen LogP contribution < -0.4 is 0 Å². The molecule has 0 aromatic heterocycles. The van der Waals surface area contributed by atoms with E-state index in [1.807, 2.05) is 0 Å². The summed E-state index contributed by atoms with van der Waals surface area (Å²) in [6.07, 6.45) is 2.55. The van der Waals surface area contributed by atoms with Crippen molar-refractivity contribution in [2.75, 3.05) is 19.6 Å². The number of nitrogens with zero attached hydrogens (tertiary/aromatic N) is 2. The predicted octanol–water partition coefficient (Wildman–Crippen LogP) is 0.566. The second-order valence-corrected chi connectivity index (χ2v) is 6.10. The minimum atomic E-state index is -1.02. The van der Waals surface area contributed by atoms with Crippen molar-refractivity contribution in [3.8, 4) is 0 Å². The lowest BCUT2D eigenvalue weighted by Crippen LogP contribution is -2.44. The first-order valence-corrected chi connectivity index (χ1v) is 7.18. The molecule has 2 fully saturated rings. The Morgan fingerprint density at radius 2 is 2.05 bits per heavy atom. The molecule has 1 saturated carbocycles. The van der Waals surface area contributed by atoms with Crippen molar-refractivity contribution >= 4 is 17.8 Å². The molecule has 2 aliphatic rings. The molecule has 1 unspecified atom stereocenters. The SMILES string of the molecule is CC(C)N(CC(=O)O)C(=O)C1CC(=O)N(CC2CC2)C1. The van der Waals surface area contributed by atoms with Crippen LogP contribution in [-0.2, 0) is 14.4 Å². The fourth-order valence-corrected chi connectivity index (χ4v) is 2.62. The second kappa shape index (κ2) is 5.81. The zero-order chi connectivity index (χ0) is 14.9. The zero-order valence-corrected chi connectivity index (χ0v) is 12.0. The van der Waals surface area contributed by atoms with Crippen molar-refractivity contribution < 1.29 is 19.5 Å². The number of hydrogen-bond donors (Lipinski definition) is 1. The van der Waals surface area contributed by atoms with E-state index < -0.39 is 5.97 Å². The highest BCUT2D eigenvalue weighted by Crippen LogP contribution is 2.32. The highest BCUT2D eigenvalue weighted by Gasteiger charge is 2.39. The largest absolute Gasteiger partial charge is 0.480 e. The van der Waals surface area contributed by atoms with Gasteiger partial charge in [-0.2, -0.15) is 0 Å². The first-order chi connectivity index (χ1) is 9.38. The van der Waals surface area contributed by atoms with Crippen molar-refractivity contribution in [3.05, 3.63) is 0 Å². The average Bonchev–Trinajstić information content (AvgIpc) is 3.09. The van der Waals surface area contributed by atoms with Gasteiger partial charge in [-0.05, 0) is 32.6 Å². The van der Waals surface area contributed by atoms with Crippen molar-refractivity contribution in [1.29, 1.82) is 0 Å². The quantitative estimate of drug-likeness (QED) is 0.772. The number of carboxylic acid groups (broad SMARTS) is 1. The zero-order valence-electron chi connectivity index (χ0n) is 12.0. The molecule has 1 aliphatic carbocycles. The normalized spacial score (nSPS) is 22.4. The van der Waals surface area contributed by atoms with E-state index in [1.165, 1.54) is 17.7 Å². The third-order valence-corrected chi connectivity index (χ3v) is 3.95. The van der Waals surface area contributed by atoms with Crippen LogP contribution >= 0.6 is 0 Å². The Morgan fingerprint density at radius 3 is 2.55 bits per heavy atom. The average molecular weight is 282 g/mol. The minimum absolute atomic E-state index is 0.0225. The maximum Gasteiger partial charge on any atom is 0.323 e. The maximum absolute atomic E-state index is 12.4. The van der Waals surface area contributed by atoms with Gasteiger partial charge < -0.3 is 14.9 Å². The number of aliphatic carboxylic acids is 1. The molecule has 1 atom stereocenters. The summed E-state index contributed by atoms with van der Waals surface area (Å²) in [5, 5.41) is 8.88. The lowest BCUT2D eigenvalue weighted by Gasteiger charge is -2.27. The van der Waals surface area contributed by atoms with E-state index in [-0.39, 0.29) is 36.7 Å². The van der Waals surface area contributed by atoms with E-state index in [9.17, 15) is 14.4 Å². The van der Waals surface area contributed by atoms with E-state index in [1.54, 1.807) is 18.7 Å². The lowest BCUT2D eigenvalue weighted by atomic mass is 10.1. The standard InChI is InChI=1S/C14H22N2O4/c1-9(2)16(8-13(18)19)14(20)11-5-12(17)15(7-11)6-10-3-4-10/h9-11H,3-8H2,1-2H3,(H,18,19). The van der Waals surface area contributed by atoms with Gasteiger partial charge in [0.2, 0.25) is 11.8 Å². The summed E-state index contributed by atoms with van der Waals surface area (Å²) in [7, 11) is 0. The van der Waals surface area contributed by atoms with Crippen LogP contribution in [0.15, 0.2) is 0 Å². The number of carbonyl (C=O) groups is 3. The van der Waals surface area contributed by atoms with Crippen LogP contribution in [0, 0.1) is 11.8 Å². The molecule has 6 heteroatoms. The Kier molecular flexibility index (Phi) is 4.30. The number of likely N-dealkylation sites (tertiary alicyclic amines) is 1. The van der Waals surface area contributed by atoms with Crippen LogP contribution in [0.1, 0.15) is 33.1 Å². The number of amides is 2. The highest BCUT2D eigenvalue weighted by molar-refractivity contribution is 5.90. The van der Waals surface area contributed by atoms with Crippen LogP contribution in [0.3, 0.4) is 0 Å². The molecule has 6 nitrogen and oxygen atoms in total. The van der Waals surface area contributed by atoms with Crippen LogP contribution in [0.5, 0.6) is 0 Å². The van der Waals surface area contributed by atoms with E-state index in [0.29, 0.717) is 12.5 Å². The Bertz CT molecular complexity index is 417. The Labute approximate surface area is 118 Å². The third-order valence-electron chi connectivity index (χ3n) is 3.95. The van der Waals surface area contributed by atoms with Crippen molar-refractivity contribution in [2.45, 2.75) is 39.2 Å². The summed E-state index contributed by atoms with van der Waals surface area (Å²) >= 11 is 0. The van der Waals surface area contributed by atoms with Gasteiger partial charge in [0, 0.05) is 25.6 Å². The van der Waals surface area contributed by atoms with Gasteiger partial charge in [-0.3, -0.25) is 14.4 Å². The van der Waals surface area contributed by atoms with Gasteiger partial charge >= 0.3 is 5.97 Å². The van der Waals surface area contributed by atoms with Gasteiger partial charge in [0.25, 0.3) is 0 Å². The predicted molar refractivity (Wildman–Crippen MR) is 71.9 cm³/mol. The Hall–Kier alpha value is -1.59. The molecule has 112 valence electrons. The first kappa shape index (κ1) is 14.8. The second-order valence-electron chi connectivity index (χ2n) is 6.10. The molecular formula is C14H22N2O4. The molecule has 1 aliphatic heterocycles. The summed E-state index contributed by atoms with van der Waals surface area (Å²) in [6, 6.07) is -0.175. The topological polar surface area (TPSA) is 77.9 Å². The van der Waals surface area contributed by atoms with E-state index >= 15 is 0 Å². The van der Waals surface area contributed by atoms with Crippen molar-refractivity contribution in [3.63, 3.8) is 0 Å². The number of carbonyl (C=O) groups excluding carboxylic acids is 2. The molecule has 1 N–H and O–H groups in total. The molecule has 0 radical (unpaired) electrons. The van der Waals surface area contributed by atoms with Gasteiger partial charge in [0.1, 0.15) is 6.54 Å². The summed E-state index contributed by atoms with van der Waals surface area (Å²) < 4.78 is 0. The van der Waals surface area contributed by atoms with Gasteiger partial charge in [0.05, 0.1) is 5.92 Å². The summed E-state index contributed by atoms with van der Waals surface area (Å²) in [5.74, 6) is -0.995. The molecule has 2 rings (SSSR count). The Balaban J connectivity index is 1.97. The van der Waals surface area contributed by atoms with Gasteiger partial charge in [-0.25, -0.2) is 0 Å². The van der Waals surface area contributed by atoms with Gasteiger partial charge in [-0.1, -0.05) is 0 Å². The number of hydrogen-bond acceptors (Lipinski definition) is 3. The smallest absolute Gasteiger partial charge is 0.323 e. The maximum atomic E-state index is 12.4. The molecule has 20 heavy (non-hydrogen) atoms. The molecule has 0 aromatic rings. The van der Waals surface area contributed by atoms with Crippen molar-refractivity contribution in [1.82, 2.24) is 9.80 Å². The van der Waals surface area contributed by atoms with E-state index in [0.717, 1.165) is 6.54 Å². The van der Waals surface area contributed by atoms with Crippen LogP contribution in [0.4, 0.5) is 0 Å². The van der Waals surface area contributed by atoms with E-state index in [2.05, 4.69) is 0 Å². The molecule has 0 aromatic carbocycles. The van der Waals surface area contributed by atoms with Crippen LogP contribution in [0.25, 0.3) is 0 Å². The third kappa shape index (κ3) is 3.49. The highest BCUT2D eigenvalue weighted by atomic mass is 16.4. The minimum Gasteiger partial charge on any atom is -0.480 e. The fraction of sp³-hybridized carbons (Fsp3) is 0.786. The monoisotopic (exact) mass is 282 g/mol. The Morgan fingerprint density at radius 1 is 1.40 bits per heavy atom. The van der Waals surface area contributed by atoms with Crippen LogP contribution in [-0.4, -0.2) is 58.4 Å². The number of carboxylic acids is 1. The van der Waals surface area contributed by atoms with E-state index in [4.69, 9.17) is 5.11 Å². The molecular weight excluding hydrogens is 260 g/mol. The fourth-order valence-electron chi connectivity index (χ4n) is 2.62. The molecule has 0 bridgehead atoms. The van der Waals surface area contributed by atoms with Gasteiger partial charge in [0.15, 0.2) is 0 Å². The molecule has 0 spiro atoms. The van der Waals surface area contributed by atoms with Gasteiger partial charge in [-0.15, -0.1) is 0 Å². The molecule has 1 saturated heterocycles. The lowest BCUT2D eigenvalue weighted by molar-refractivity contribution is -0.147. The van der Waals surface area contributed by atoms with Crippen molar-refractivity contribution in [2.24, 2.45) is 11.8 Å². The molecule has 1 heterocycles. The molecule has 2 amide bonds. The first-order valence-electron chi connectivity index (χ1n) is 7.18. The summed E-state index contributed by atoms with van der Waals surface area (Å²) in [5.41, 5.74) is 0.